The van der Waals surface area contributed by atoms with E-state index in [1.807, 2.05) is 30.1 Å². The minimum absolute atomic E-state index is 0.234. The van der Waals surface area contributed by atoms with Crippen molar-refractivity contribution in [2.75, 3.05) is 20.2 Å². The average Bonchev–Trinajstić information content (AvgIpc) is 2.28. The minimum atomic E-state index is -0.718. The lowest BCUT2D eigenvalue weighted by Gasteiger charge is -2.19. The summed E-state index contributed by atoms with van der Waals surface area (Å²) in [5, 5.41) is 26.7. The summed E-state index contributed by atoms with van der Waals surface area (Å²) in [5.74, 6) is 0. The summed E-state index contributed by atoms with van der Waals surface area (Å²) in [4.78, 5) is 1.90. The first-order chi connectivity index (χ1) is 7.65. The van der Waals surface area contributed by atoms with Crippen molar-refractivity contribution in [3.8, 4) is 6.07 Å². The summed E-state index contributed by atoms with van der Waals surface area (Å²) in [6, 6.07) is 9.43. The Labute approximate surface area is 95.4 Å². The van der Waals surface area contributed by atoms with Crippen molar-refractivity contribution in [2.24, 2.45) is 0 Å². The largest absolute Gasteiger partial charge is 0.394 e. The zero-order chi connectivity index (χ0) is 12.0. The molecule has 16 heavy (non-hydrogen) atoms. The number of nitriles is 1. The van der Waals surface area contributed by atoms with Crippen LogP contribution >= 0.6 is 0 Å². The van der Waals surface area contributed by atoms with Crippen LogP contribution in [0.1, 0.15) is 11.1 Å². The predicted molar refractivity (Wildman–Crippen MR) is 60.6 cm³/mol. The number of aliphatic hydroxyl groups is 2. The summed E-state index contributed by atoms with van der Waals surface area (Å²) in [5.41, 5.74) is 1.65. The third-order valence-corrected chi connectivity index (χ3v) is 2.24. The summed E-state index contributed by atoms with van der Waals surface area (Å²) >= 11 is 0. The Bertz CT molecular complexity index is 374. The zero-order valence-electron chi connectivity index (χ0n) is 9.30. The Balaban J connectivity index is 2.56. The SMILES string of the molecule is CN(Cc1cccc(C#N)c1)CC(O)CO. The first-order valence-electron chi connectivity index (χ1n) is 5.12. The third kappa shape index (κ3) is 3.99. The molecule has 0 spiro atoms. The quantitative estimate of drug-likeness (QED) is 0.751. The maximum Gasteiger partial charge on any atom is 0.0991 e. The van der Waals surface area contributed by atoms with Crippen molar-refractivity contribution < 1.29 is 10.2 Å². The van der Waals surface area contributed by atoms with E-state index >= 15 is 0 Å². The van der Waals surface area contributed by atoms with E-state index in [4.69, 9.17) is 10.4 Å². The van der Waals surface area contributed by atoms with E-state index in [9.17, 15) is 5.11 Å². The number of nitrogens with zero attached hydrogens (tertiary/aromatic N) is 2. The van der Waals surface area contributed by atoms with Gasteiger partial charge in [0.15, 0.2) is 0 Å². The van der Waals surface area contributed by atoms with E-state index in [1.54, 1.807) is 6.07 Å². The van der Waals surface area contributed by atoms with E-state index in [1.165, 1.54) is 0 Å². The van der Waals surface area contributed by atoms with E-state index in [0.29, 0.717) is 18.7 Å². The van der Waals surface area contributed by atoms with Crippen molar-refractivity contribution in [1.29, 1.82) is 5.26 Å². The van der Waals surface area contributed by atoms with Crippen LogP contribution in [0.25, 0.3) is 0 Å². The molecule has 4 heteroatoms. The molecule has 0 aromatic heterocycles. The number of hydrogen-bond acceptors (Lipinski definition) is 4. The highest BCUT2D eigenvalue weighted by Gasteiger charge is 2.07. The van der Waals surface area contributed by atoms with Crippen LogP contribution in [-0.2, 0) is 6.54 Å². The van der Waals surface area contributed by atoms with Crippen LogP contribution in [0.2, 0.25) is 0 Å². The number of hydrogen-bond donors (Lipinski definition) is 2. The van der Waals surface area contributed by atoms with Crippen molar-refractivity contribution in [3.05, 3.63) is 35.4 Å². The molecule has 4 nitrogen and oxygen atoms in total. The molecule has 86 valence electrons. The second kappa shape index (κ2) is 6.23. The van der Waals surface area contributed by atoms with Crippen molar-refractivity contribution in [1.82, 2.24) is 4.90 Å². The van der Waals surface area contributed by atoms with E-state index < -0.39 is 6.10 Å². The van der Waals surface area contributed by atoms with Gasteiger partial charge < -0.3 is 10.2 Å². The van der Waals surface area contributed by atoms with Gasteiger partial charge in [0, 0.05) is 13.1 Å². The maximum absolute atomic E-state index is 9.26. The molecular weight excluding hydrogens is 204 g/mol. The van der Waals surface area contributed by atoms with Gasteiger partial charge >= 0.3 is 0 Å². The Morgan fingerprint density at radius 1 is 1.50 bits per heavy atom. The number of likely N-dealkylation sites (N-methyl/N-ethyl adjacent to an activating group) is 1. The molecule has 1 aromatic rings. The van der Waals surface area contributed by atoms with Gasteiger partial charge in [-0.15, -0.1) is 0 Å². The van der Waals surface area contributed by atoms with Crippen LogP contribution in [0.5, 0.6) is 0 Å². The van der Waals surface area contributed by atoms with Gasteiger partial charge in [0.25, 0.3) is 0 Å². The molecule has 0 heterocycles. The molecule has 0 aliphatic heterocycles. The van der Waals surface area contributed by atoms with Crippen molar-refractivity contribution in [3.63, 3.8) is 0 Å². The molecule has 0 fully saturated rings. The molecule has 1 atom stereocenters. The highest BCUT2D eigenvalue weighted by molar-refractivity contribution is 5.32. The van der Waals surface area contributed by atoms with Crippen LogP contribution < -0.4 is 0 Å². The molecule has 1 rings (SSSR count). The topological polar surface area (TPSA) is 67.5 Å². The van der Waals surface area contributed by atoms with Gasteiger partial charge in [0.1, 0.15) is 0 Å². The number of benzene rings is 1. The minimum Gasteiger partial charge on any atom is -0.394 e. The van der Waals surface area contributed by atoms with Crippen LogP contribution in [0.15, 0.2) is 24.3 Å². The monoisotopic (exact) mass is 220 g/mol. The normalized spacial score (nSPS) is 12.4. The summed E-state index contributed by atoms with van der Waals surface area (Å²) in [7, 11) is 1.86. The zero-order valence-corrected chi connectivity index (χ0v) is 9.30. The second-order valence-corrected chi connectivity index (χ2v) is 3.85. The first kappa shape index (κ1) is 12.7. The smallest absolute Gasteiger partial charge is 0.0991 e. The fourth-order valence-corrected chi connectivity index (χ4v) is 1.53. The van der Waals surface area contributed by atoms with Crippen LogP contribution in [0.3, 0.4) is 0 Å². The van der Waals surface area contributed by atoms with Gasteiger partial charge in [-0.3, -0.25) is 4.90 Å². The Morgan fingerprint density at radius 3 is 2.88 bits per heavy atom. The molecular formula is C12H16N2O2. The maximum atomic E-state index is 9.26. The predicted octanol–water partition coefficient (Wildman–Crippen LogP) is 0.343. The van der Waals surface area contributed by atoms with Crippen molar-refractivity contribution >= 4 is 0 Å². The van der Waals surface area contributed by atoms with Crippen LogP contribution in [0, 0.1) is 11.3 Å². The summed E-state index contributed by atoms with van der Waals surface area (Å²) in [6.07, 6.45) is -0.718. The lowest BCUT2D eigenvalue weighted by Crippen LogP contribution is -2.30. The molecule has 0 saturated heterocycles. The molecule has 2 N–H and O–H groups in total. The fourth-order valence-electron chi connectivity index (χ4n) is 1.53. The molecule has 0 aliphatic rings. The third-order valence-electron chi connectivity index (χ3n) is 2.24. The number of rotatable bonds is 5. The molecule has 1 unspecified atom stereocenters. The lowest BCUT2D eigenvalue weighted by molar-refractivity contribution is 0.0648. The Morgan fingerprint density at radius 2 is 2.25 bits per heavy atom. The Hall–Kier alpha value is -1.41. The highest BCUT2D eigenvalue weighted by atomic mass is 16.3. The molecule has 1 aromatic carbocycles. The second-order valence-electron chi connectivity index (χ2n) is 3.85. The summed E-state index contributed by atoms with van der Waals surface area (Å²) in [6.45, 7) is 0.822. The van der Waals surface area contributed by atoms with Crippen LogP contribution in [-0.4, -0.2) is 41.4 Å². The fraction of sp³-hybridized carbons (Fsp3) is 0.417. The Kier molecular flexibility index (Phi) is 4.93. The van der Waals surface area contributed by atoms with E-state index in [-0.39, 0.29) is 6.61 Å². The van der Waals surface area contributed by atoms with Gasteiger partial charge in [-0.05, 0) is 24.7 Å². The molecule has 0 aliphatic carbocycles. The standard InChI is InChI=1S/C12H16N2O2/c1-14(8-12(16)9-15)7-11-4-2-3-10(5-11)6-13/h2-5,12,15-16H,7-9H2,1H3. The molecule has 0 amide bonds. The molecule has 0 bridgehead atoms. The van der Waals surface area contributed by atoms with Crippen LogP contribution in [0.4, 0.5) is 0 Å². The first-order valence-corrected chi connectivity index (χ1v) is 5.12. The van der Waals surface area contributed by atoms with E-state index in [2.05, 4.69) is 6.07 Å². The lowest BCUT2D eigenvalue weighted by atomic mass is 10.1. The molecule has 0 radical (unpaired) electrons. The molecule has 0 saturated carbocycles. The summed E-state index contributed by atoms with van der Waals surface area (Å²) < 4.78 is 0. The van der Waals surface area contributed by atoms with Gasteiger partial charge in [-0.1, -0.05) is 12.1 Å². The highest BCUT2D eigenvalue weighted by Crippen LogP contribution is 2.06. The van der Waals surface area contributed by atoms with Gasteiger partial charge in [-0.2, -0.15) is 5.26 Å². The average molecular weight is 220 g/mol. The number of aliphatic hydroxyl groups excluding tert-OH is 2. The van der Waals surface area contributed by atoms with Gasteiger partial charge in [-0.25, -0.2) is 0 Å². The van der Waals surface area contributed by atoms with E-state index in [0.717, 1.165) is 5.56 Å². The van der Waals surface area contributed by atoms with Crippen molar-refractivity contribution in [2.45, 2.75) is 12.6 Å². The van der Waals surface area contributed by atoms with Gasteiger partial charge in [0.2, 0.25) is 0 Å². The van der Waals surface area contributed by atoms with Gasteiger partial charge in [0.05, 0.1) is 24.3 Å².